The molecule has 0 spiro atoms. The van der Waals surface area contributed by atoms with Crippen LogP contribution in [-0.4, -0.2) is 22.1 Å². The second kappa shape index (κ2) is 7.53. The predicted octanol–water partition coefficient (Wildman–Crippen LogP) is 6.00. The minimum absolute atomic E-state index is 0.0189. The number of nitrogens with one attached hydrogen (secondary N) is 1. The number of para-hydroxylation sites is 1. The van der Waals surface area contributed by atoms with Crippen molar-refractivity contribution in [3.63, 3.8) is 0 Å². The van der Waals surface area contributed by atoms with Crippen LogP contribution in [0.3, 0.4) is 0 Å². The number of nitriles is 1. The number of anilines is 3. The van der Waals surface area contributed by atoms with Gasteiger partial charge in [0.25, 0.3) is 0 Å². The maximum absolute atomic E-state index is 13.0. The fraction of sp³-hybridized carbons (Fsp3) is 0. The molecule has 8 nitrogen and oxygen atoms in total. The molecule has 0 saturated heterocycles. The van der Waals surface area contributed by atoms with Crippen LogP contribution >= 0.6 is 22.9 Å². The summed E-state index contributed by atoms with van der Waals surface area (Å²) in [5, 5.41) is 22.1. The first-order valence-corrected chi connectivity index (χ1v) is 10.4. The highest BCUT2D eigenvalue weighted by Gasteiger charge is 2.36. The van der Waals surface area contributed by atoms with E-state index < -0.39 is 12.0 Å². The molecule has 3 heterocycles. The minimum atomic E-state index is -1.21. The summed E-state index contributed by atoms with van der Waals surface area (Å²) in [5.41, 5.74) is 0.728. The fourth-order valence-electron chi connectivity index (χ4n) is 3.48. The van der Waals surface area contributed by atoms with Crippen molar-refractivity contribution in [3.05, 3.63) is 70.2 Å². The lowest BCUT2D eigenvalue weighted by atomic mass is 10.1. The van der Waals surface area contributed by atoms with E-state index in [-0.39, 0.29) is 27.0 Å². The molecule has 156 valence electrons. The average molecular weight is 463 g/mol. The Labute approximate surface area is 189 Å². The third-order valence-electron chi connectivity index (χ3n) is 4.81. The van der Waals surface area contributed by atoms with Gasteiger partial charge in [0.2, 0.25) is 0 Å². The zero-order valence-corrected chi connectivity index (χ0v) is 17.6. The zero-order chi connectivity index (χ0) is 22.4. The van der Waals surface area contributed by atoms with Gasteiger partial charge in [0.15, 0.2) is 5.15 Å². The van der Waals surface area contributed by atoms with Gasteiger partial charge in [0.1, 0.15) is 32.8 Å². The first-order chi connectivity index (χ1) is 15.5. The number of carbonyl (C=O) groups is 2. The van der Waals surface area contributed by atoms with E-state index in [9.17, 15) is 20.0 Å². The van der Waals surface area contributed by atoms with Gasteiger partial charge in [0, 0.05) is 0 Å². The largest absolute Gasteiger partial charge is 0.477 e. The lowest BCUT2D eigenvalue weighted by Gasteiger charge is -2.29. The number of ether oxygens (including phenoxy) is 1. The van der Waals surface area contributed by atoms with Gasteiger partial charge in [-0.25, -0.2) is 14.6 Å². The maximum Gasteiger partial charge on any atom is 0.348 e. The van der Waals surface area contributed by atoms with Gasteiger partial charge in [-0.3, -0.25) is 4.90 Å². The van der Waals surface area contributed by atoms with E-state index in [0.29, 0.717) is 27.4 Å². The molecule has 32 heavy (non-hydrogen) atoms. The number of benzene rings is 2. The number of amides is 2. The molecule has 5 rings (SSSR count). The number of hydrogen-bond donors (Lipinski definition) is 2. The summed E-state index contributed by atoms with van der Waals surface area (Å²) >= 11 is 7.10. The van der Waals surface area contributed by atoms with E-state index >= 15 is 0 Å². The number of pyridine rings is 1. The maximum atomic E-state index is 13.0. The van der Waals surface area contributed by atoms with Crippen molar-refractivity contribution in [1.82, 2.24) is 4.98 Å². The van der Waals surface area contributed by atoms with E-state index in [0.717, 1.165) is 11.3 Å². The number of aromatic carboxylic acids is 1. The number of carboxylic acid groups (broad SMARTS) is 1. The molecule has 2 N–H and O–H groups in total. The van der Waals surface area contributed by atoms with Gasteiger partial charge >= 0.3 is 12.0 Å². The van der Waals surface area contributed by atoms with Crippen LogP contribution in [0.4, 0.5) is 21.9 Å². The van der Waals surface area contributed by atoms with Crippen molar-refractivity contribution in [1.29, 1.82) is 5.26 Å². The molecular weight excluding hydrogens is 452 g/mol. The predicted molar refractivity (Wildman–Crippen MR) is 120 cm³/mol. The molecule has 0 aliphatic carbocycles. The molecule has 0 atom stereocenters. The number of carboxylic acids is 1. The summed E-state index contributed by atoms with van der Waals surface area (Å²) in [6.45, 7) is 0. The molecule has 10 heteroatoms. The second-order valence-electron chi connectivity index (χ2n) is 6.70. The van der Waals surface area contributed by atoms with E-state index in [1.165, 1.54) is 4.90 Å². The van der Waals surface area contributed by atoms with Crippen molar-refractivity contribution in [2.45, 2.75) is 0 Å². The Morgan fingerprint density at radius 3 is 2.50 bits per heavy atom. The Bertz CT molecular complexity index is 1450. The van der Waals surface area contributed by atoms with Crippen molar-refractivity contribution in [2.24, 2.45) is 0 Å². The van der Waals surface area contributed by atoms with Gasteiger partial charge < -0.3 is 15.2 Å². The number of rotatable bonds is 4. The number of thiophene rings is 1. The summed E-state index contributed by atoms with van der Waals surface area (Å²) in [4.78, 5) is 30.4. The SMILES string of the molecule is N#Cc1c(Cl)nc2sc(C(=O)O)c3c2c1N(c1ccc(Oc2ccccc2)cc1)C(=O)N3. The topological polar surface area (TPSA) is 116 Å². The lowest BCUT2D eigenvalue weighted by molar-refractivity contribution is 0.0703. The molecule has 0 bridgehead atoms. The van der Waals surface area contributed by atoms with E-state index in [4.69, 9.17) is 16.3 Å². The van der Waals surface area contributed by atoms with Crippen LogP contribution in [0.2, 0.25) is 5.15 Å². The van der Waals surface area contributed by atoms with Crippen LogP contribution in [0.15, 0.2) is 54.6 Å². The van der Waals surface area contributed by atoms with Crippen molar-refractivity contribution in [2.75, 3.05) is 10.2 Å². The van der Waals surface area contributed by atoms with Gasteiger partial charge in [0.05, 0.1) is 22.4 Å². The highest BCUT2D eigenvalue weighted by molar-refractivity contribution is 7.21. The van der Waals surface area contributed by atoms with Crippen LogP contribution in [0, 0.1) is 11.3 Å². The number of hydrogen-bond acceptors (Lipinski definition) is 6. The molecule has 0 saturated carbocycles. The van der Waals surface area contributed by atoms with Gasteiger partial charge in [-0.2, -0.15) is 5.26 Å². The molecule has 0 unspecified atom stereocenters. The number of aromatic nitrogens is 1. The number of carbonyl (C=O) groups excluding carboxylic acids is 1. The molecular formula is C22H11ClN4O4S. The van der Waals surface area contributed by atoms with Crippen molar-refractivity contribution >= 4 is 62.2 Å². The first-order valence-electron chi connectivity index (χ1n) is 9.21. The van der Waals surface area contributed by atoms with Crippen LogP contribution < -0.4 is 15.0 Å². The molecule has 1 aliphatic heterocycles. The smallest absolute Gasteiger partial charge is 0.348 e. The van der Waals surface area contributed by atoms with E-state index in [1.807, 2.05) is 36.4 Å². The van der Waals surface area contributed by atoms with Crippen LogP contribution in [-0.2, 0) is 0 Å². The molecule has 2 aromatic heterocycles. The second-order valence-corrected chi connectivity index (χ2v) is 8.06. The fourth-order valence-corrected chi connectivity index (χ4v) is 4.72. The Morgan fingerprint density at radius 1 is 1.16 bits per heavy atom. The summed E-state index contributed by atoms with van der Waals surface area (Å²) in [5.74, 6) is 0.00869. The quantitative estimate of drug-likeness (QED) is 0.359. The van der Waals surface area contributed by atoms with Crippen LogP contribution in [0.1, 0.15) is 15.2 Å². The van der Waals surface area contributed by atoms with Crippen LogP contribution in [0.5, 0.6) is 11.5 Å². The summed E-state index contributed by atoms with van der Waals surface area (Å²) in [6.07, 6.45) is 0. The Hall–Kier alpha value is -4.13. The van der Waals surface area contributed by atoms with Crippen molar-refractivity contribution in [3.8, 4) is 17.6 Å². The number of urea groups is 1. The Morgan fingerprint density at radius 2 is 1.84 bits per heavy atom. The van der Waals surface area contributed by atoms with Crippen molar-refractivity contribution < 1.29 is 19.4 Å². The average Bonchev–Trinajstić information content (AvgIpc) is 3.14. The summed E-state index contributed by atoms with van der Waals surface area (Å²) in [7, 11) is 0. The van der Waals surface area contributed by atoms with Gasteiger partial charge in [-0.05, 0) is 36.4 Å². The van der Waals surface area contributed by atoms with E-state index in [2.05, 4.69) is 10.3 Å². The first kappa shape index (κ1) is 19.8. The number of halogens is 1. The van der Waals surface area contributed by atoms with Gasteiger partial charge in [-0.15, -0.1) is 11.3 Å². The van der Waals surface area contributed by atoms with Gasteiger partial charge in [-0.1, -0.05) is 29.8 Å². The summed E-state index contributed by atoms with van der Waals surface area (Å²) in [6, 6.07) is 17.3. The number of nitrogens with zero attached hydrogens (tertiary/aromatic N) is 3. The Balaban J connectivity index is 1.64. The third kappa shape index (κ3) is 3.10. The monoisotopic (exact) mass is 462 g/mol. The third-order valence-corrected chi connectivity index (χ3v) is 6.15. The lowest BCUT2D eigenvalue weighted by Crippen LogP contribution is -2.34. The molecule has 2 aromatic carbocycles. The molecule has 0 fully saturated rings. The normalized spacial score (nSPS) is 12.4. The molecule has 0 radical (unpaired) electrons. The highest BCUT2D eigenvalue weighted by Crippen LogP contribution is 2.49. The molecule has 2 amide bonds. The Kier molecular flexibility index (Phi) is 4.66. The van der Waals surface area contributed by atoms with Crippen LogP contribution in [0.25, 0.3) is 10.2 Å². The van der Waals surface area contributed by atoms with E-state index in [1.54, 1.807) is 24.3 Å². The minimum Gasteiger partial charge on any atom is -0.477 e. The standard InChI is InChI=1S/C22H11ClN4O4S/c23-19-14(10-24)17-15-16(18(21(28)29)32-20(15)26-19)25-22(30)27(17)11-6-8-13(9-7-11)31-12-4-2-1-3-5-12/h1-9H,(H,25,30)(H,28,29). The zero-order valence-electron chi connectivity index (χ0n) is 16.0. The molecule has 1 aliphatic rings. The highest BCUT2D eigenvalue weighted by atomic mass is 35.5. The molecule has 4 aromatic rings. The summed E-state index contributed by atoms with van der Waals surface area (Å²) < 4.78 is 5.79.